The number of ether oxygens (including phenoxy) is 1. The summed E-state index contributed by atoms with van der Waals surface area (Å²) in [4.78, 5) is 16.0. The average molecular weight is 443 g/mol. The molecule has 0 aromatic heterocycles. The van der Waals surface area contributed by atoms with Crippen molar-refractivity contribution in [2.75, 3.05) is 38.2 Å². The van der Waals surface area contributed by atoms with Crippen LogP contribution in [0.3, 0.4) is 0 Å². The van der Waals surface area contributed by atoms with E-state index in [9.17, 15) is 26.4 Å². The Balaban J connectivity index is 1.76. The average Bonchev–Trinajstić information content (AvgIpc) is 2.71. The second-order valence-electron chi connectivity index (χ2n) is 6.73. The van der Waals surface area contributed by atoms with Gasteiger partial charge in [0.2, 0.25) is 10.0 Å². The number of primary sulfonamides is 1. The number of hydrogen-bond donors (Lipinski definition) is 1. The van der Waals surface area contributed by atoms with Crippen LogP contribution in [0.15, 0.2) is 47.4 Å². The van der Waals surface area contributed by atoms with Gasteiger partial charge in [0.15, 0.2) is 0 Å². The molecule has 1 heterocycles. The summed E-state index contributed by atoms with van der Waals surface area (Å²) in [7, 11) is -2.65. The number of alkyl halides is 3. The van der Waals surface area contributed by atoms with Gasteiger partial charge in [-0.15, -0.1) is 0 Å². The molecule has 0 spiro atoms. The van der Waals surface area contributed by atoms with Gasteiger partial charge in [0.25, 0.3) is 5.91 Å². The lowest BCUT2D eigenvalue weighted by Crippen LogP contribution is -2.49. The summed E-state index contributed by atoms with van der Waals surface area (Å²) < 4.78 is 67.2. The number of nitrogens with zero attached hydrogens (tertiary/aromatic N) is 2. The van der Waals surface area contributed by atoms with Crippen molar-refractivity contribution in [1.82, 2.24) is 4.90 Å². The van der Waals surface area contributed by atoms with E-state index >= 15 is 0 Å². The van der Waals surface area contributed by atoms with Gasteiger partial charge in [0, 0.05) is 31.9 Å². The first-order valence-electron chi connectivity index (χ1n) is 8.93. The Morgan fingerprint density at radius 1 is 1.07 bits per heavy atom. The molecule has 0 unspecified atom stereocenters. The molecule has 3 rings (SSSR count). The van der Waals surface area contributed by atoms with E-state index in [2.05, 4.69) is 0 Å². The van der Waals surface area contributed by atoms with Crippen LogP contribution in [-0.2, 0) is 16.2 Å². The zero-order chi connectivity index (χ0) is 22.1. The molecule has 11 heteroatoms. The minimum Gasteiger partial charge on any atom is -0.496 e. The molecule has 0 atom stereocenters. The maximum atomic E-state index is 12.9. The van der Waals surface area contributed by atoms with E-state index in [0.717, 1.165) is 18.2 Å². The smallest absolute Gasteiger partial charge is 0.416 e. The normalized spacial score (nSPS) is 15.2. The van der Waals surface area contributed by atoms with E-state index in [-0.39, 0.29) is 29.3 Å². The molecule has 1 fully saturated rings. The summed E-state index contributed by atoms with van der Waals surface area (Å²) >= 11 is 0. The van der Waals surface area contributed by atoms with Crippen molar-refractivity contribution in [2.45, 2.75) is 11.1 Å². The number of amides is 1. The highest BCUT2D eigenvalue weighted by Gasteiger charge is 2.31. The molecule has 0 bridgehead atoms. The van der Waals surface area contributed by atoms with E-state index in [0.29, 0.717) is 18.8 Å². The first kappa shape index (κ1) is 21.9. The maximum absolute atomic E-state index is 12.9. The van der Waals surface area contributed by atoms with Crippen molar-refractivity contribution >= 4 is 21.6 Å². The number of sulfonamides is 1. The number of carbonyl (C=O) groups excluding carboxylic acids is 1. The van der Waals surface area contributed by atoms with Crippen molar-refractivity contribution in [2.24, 2.45) is 5.14 Å². The van der Waals surface area contributed by atoms with E-state index in [1.54, 1.807) is 11.0 Å². The van der Waals surface area contributed by atoms with Gasteiger partial charge in [-0.3, -0.25) is 4.79 Å². The van der Waals surface area contributed by atoms with Gasteiger partial charge >= 0.3 is 6.18 Å². The minimum atomic E-state index is -4.43. The molecule has 0 saturated carbocycles. The van der Waals surface area contributed by atoms with E-state index in [4.69, 9.17) is 9.88 Å². The third-order valence-electron chi connectivity index (χ3n) is 4.84. The number of benzene rings is 2. The summed E-state index contributed by atoms with van der Waals surface area (Å²) in [5, 5.41) is 5.14. The first-order chi connectivity index (χ1) is 14.0. The standard InChI is InChI=1S/C19H20F3N3O4S/c1-29-17-6-5-15(30(23,27)28)12-16(17)18(26)25-9-7-24(8-10-25)14-4-2-3-13(11-14)19(20,21)22/h2-6,11-12H,7-10H2,1H3,(H2,23,27,28). The van der Waals surface area contributed by atoms with Crippen LogP contribution in [0.5, 0.6) is 5.75 Å². The second kappa shape index (κ2) is 8.15. The summed E-state index contributed by atoms with van der Waals surface area (Å²) in [6.07, 6.45) is -4.43. The summed E-state index contributed by atoms with van der Waals surface area (Å²) in [6.45, 7) is 1.14. The van der Waals surface area contributed by atoms with Crippen molar-refractivity contribution in [1.29, 1.82) is 0 Å². The van der Waals surface area contributed by atoms with E-state index < -0.39 is 27.7 Å². The molecule has 0 aliphatic carbocycles. The molecule has 162 valence electrons. The van der Waals surface area contributed by atoms with E-state index in [1.165, 1.54) is 30.2 Å². The zero-order valence-electron chi connectivity index (χ0n) is 16.0. The fourth-order valence-corrected chi connectivity index (χ4v) is 3.79. The number of nitrogens with two attached hydrogens (primary N) is 1. The van der Waals surface area contributed by atoms with Crippen LogP contribution in [-0.4, -0.2) is 52.5 Å². The lowest BCUT2D eigenvalue weighted by Gasteiger charge is -2.36. The van der Waals surface area contributed by atoms with Crippen molar-refractivity contribution in [3.8, 4) is 5.75 Å². The third kappa shape index (κ3) is 4.68. The van der Waals surface area contributed by atoms with Crippen LogP contribution in [0, 0.1) is 0 Å². The lowest BCUT2D eigenvalue weighted by atomic mass is 10.1. The molecule has 2 aromatic carbocycles. The maximum Gasteiger partial charge on any atom is 0.416 e. The highest BCUT2D eigenvalue weighted by molar-refractivity contribution is 7.89. The molecule has 2 N–H and O–H groups in total. The first-order valence-corrected chi connectivity index (χ1v) is 10.5. The molecule has 1 aliphatic rings. The van der Waals surface area contributed by atoms with Crippen molar-refractivity contribution in [3.63, 3.8) is 0 Å². The number of methoxy groups -OCH3 is 1. The Labute approximate surface area is 171 Å². The van der Waals surface area contributed by atoms with Crippen LogP contribution in [0.2, 0.25) is 0 Å². The molecule has 1 amide bonds. The zero-order valence-corrected chi connectivity index (χ0v) is 16.8. The fourth-order valence-electron chi connectivity index (χ4n) is 3.25. The fraction of sp³-hybridized carbons (Fsp3) is 0.316. The number of piperazine rings is 1. The summed E-state index contributed by atoms with van der Waals surface area (Å²) in [5.41, 5.74) is -0.259. The van der Waals surface area contributed by atoms with Crippen molar-refractivity contribution in [3.05, 3.63) is 53.6 Å². The summed E-state index contributed by atoms with van der Waals surface area (Å²) in [6, 6.07) is 8.78. The van der Waals surface area contributed by atoms with Gasteiger partial charge in [-0.25, -0.2) is 13.6 Å². The molecule has 1 aliphatic heterocycles. The number of rotatable bonds is 4. The number of hydrogen-bond acceptors (Lipinski definition) is 5. The second-order valence-corrected chi connectivity index (χ2v) is 8.30. The monoisotopic (exact) mass is 443 g/mol. The van der Waals surface area contributed by atoms with Crippen molar-refractivity contribution < 1.29 is 31.1 Å². The Hall–Kier alpha value is -2.79. The van der Waals surface area contributed by atoms with Gasteiger partial charge in [-0.2, -0.15) is 13.2 Å². The van der Waals surface area contributed by atoms with Crippen LogP contribution >= 0.6 is 0 Å². The van der Waals surface area contributed by atoms with Gasteiger partial charge < -0.3 is 14.5 Å². The highest BCUT2D eigenvalue weighted by Crippen LogP contribution is 2.32. The molecular formula is C19H20F3N3O4S. The minimum absolute atomic E-state index is 0.0524. The Morgan fingerprint density at radius 3 is 2.30 bits per heavy atom. The number of halogens is 3. The van der Waals surface area contributed by atoms with Crippen LogP contribution < -0.4 is 14.8 Å². The molecule has 7 nitrogen and oxygen atoms in total. The number of anilines is 1. The Kier molecular flexibility index (Phi) is 5.95. The molecular weight excluding hydrogens is 423 g/mol. The molecule has 30 heavy (non-hydrogen) atoms. The van der Waals surface area contributed by atoms with E-state index in [1.807, 2.05) is 0 Å². The largest absolute Gasteiger partial charge is 0.496 e. The van der Waals surface area contributed by atoms with Gasteiger partial charge in [0.05, 0.1) is 23.1 Å². The molecule has 2 aromatic rings. The van der Waals surface area contributed by atoms with Gasteiger partial charge in [0.1, 0.15) is 5.75 Å². The highest BCUT2D eigenvalue weighted by atomic mass is 32.2. The predicted octanol–water partition coefficient (Wildman–Crippen LogP) is 2.32. The Bertz CT molecular complexity index is 1050. The number of carbonyl (C=O) groups is 1. The molecule has 1 saturated heterocycles. The topological polar surface area (TPSA) is 92.9 Å². The van der Waals surface area contributed by atoms with Gasteiger partial charge in [-0.05, 0) is 36.4 Å². The van der Waals surface area contributed by atoms with Gasteiger partial charge in [-0.1, -0.05) is 6.07 Å². The van der Waals surface area contributed by atoms with Crippen LogP contribution in [0.1, 0.15) is 15.9 Å². The predicted molar refractivity (Wildman–Crippen MR) is 104 cm³/mol. The third-order valence-corrected chi connectivity index (χ3v) is 5.75. The van der Waals surface area contributed by atoms with Crippen LogP contribution in [0.4, 0.5) is 18.9 Å². The summed E-state index contributed by atoms with van der Waals surface area (Å²) in [5.74, 6) is -0.242. The SMILES string of the molecule is COc1ccc(S(N)(=O)=O)cc1C(=O)N1CCN(c2cccc(C(F)(F)F)c2)CC1. The quantitative estimate of drug-likeness (QED) is 0.783. The van der Waals surface area contributed by atoms with Crippen LogP contribution in [0.25, 0.3) is 0 Å². The molecule has 0 radical (unpaired) electrons. The lowest BCUT2D eigenvalue weighted by molar-refractivity contribution is -0.137. The Morgan fingerprint density at radius 2 is 1.73 bits per heavy atom.